The van der Waals surface area contributed by atoms with Gasteiger partial charge >= 0.3 is 0 Å². The SMILES string of the molecule is CCC(COc1ccc(N=C2c3cccnc3-c3ncccc32)cc1)(COc1ccc(N=C2c3cccnc3-c3ncccc32)cc1)COc1ccc(N=C2c3cccnc3-c3ncccc32)cc1. The van der Waals surface area contributed by atoms with Gasteiger partial charge in [0.15, 0.2) is 0 Å². The quantitative estimate of drug-likeness (QED) is 0.110. The number of nitrogens with zero attached hydrogens (tertiary/aromatic N) is 9. The molecule has 0 saturated carbocycles. The summed E-state index contributed by atoms with van der Waals surface area (Å²) in [6.07, 6.45) is 11.4. The molecule has 0 bridgehead atoms. The molecule has 69 heavy (non-hydrogen) atoms. The molecule has 12 nitrogen and oxygen atoms in total. The van der Waals surface area contributed by atoms with Gasteiger partial charge in [-0.1, -0.05) is 6.92 Å². The first kappa shape index (κ1) is 41.4. The Hall–Kier alpha value is -9.03. The van der Waals surface area contributed by atoms with Crippen LogP contribution in [-0.4, -0.2) is 66.9 Å². The summed E-state index contributed by atoms with van der Waals surface area (Å²) in [5, 5.41) is 0. The summed E-state index contributed by atoms with van der Waals surface area (Å²) in [7, 11) is 0. The number of pyridine rings is 6. The Balaban J connectivity index is 0.783. The van der Waals surface area contributed by atoms with Gasteiger partial charge in [-0.2, -0.15) is 0 Å². The maximum Gasteiger partial charge on any atom is 0.119 e. The summed E-state index contributed by atoms with van der Waals surface area (Å²) in [5.41, 5.74) is 15.2. The summed E-state index contributed by atoms with van der Waals surface area (Å²) in [6.45, 7) is 3.12. The molecule has 0 fully saturated rings. The van der Waals surface area contributed by atoms with E-state index >= 15 is 0 Å². The molecule has 12 heteroatoms. The van der Waals surface area contributed by atoms with E-state index in [9.17, 15) is 0 Å². The maximum absolute atomic E-state index is 6.59. The number of fused-ring (bicyclic) bond motifs is 9. The van der Waals surface area contributed by atoms with Crippen LogP contribution in [0.15, 0.2) is 198 Å². The zero-order valence-electron chi connectivity index (χ0n) is 37.4. The lowest BCUT2D eigenvalue weighted by atomic mass is 9.88. The Morgan fingerprint density at radius 1 is 0.333 bits per heavy atom. The van der Waals surface area contributed by atoms with E-state index in [2.05, 4.69) is 36.8 Å². The molecule has 3 aromatic carbocycles. The first-order valence-corrected chi connectivity index (χ1v) is 22.8. The minimum atomic E-state index is -0.553. The van der Waals surface area contributed by atoms with Crippen LogP contribution >= 0.6 is 0 Å². The number of aromatic nitrogens is 6. The fraction of sp³-hybridized carbons (Fsp3) is 0.105. The second kappa shape index (κ2) is 17.6. The van der Waals surface area contributed by atoms with Crippen LogP contribution in [0.3, 0.4) is 0 Å². The van der Waals surface area contributed by atoms with Crippen LogP contribution < -0.4 is 14.2 Å². The topological polar surface area (TPSA) is 142 Å². The van der Waals surface area contributed by atoms with Gasteiger partial charge < -0.3 is 14.2 Å². The number of aliphatic imine (C=N–C) groups is 3. The third-order valence-corrected chi connectivity index (χ3v) is 12.7. The van der Waals surface area contributed by atoms with Crippen molar-refractivity contribution in [3.63, 3.8) is 0 Å². The molecule has 0 spiro atoms. The molecule has 0 aliphatic heterocycles. The first-order valence-electron chi connectivity index (χ1n) is 22.8. The van der Waals surface area contributed by atoms with Gasteiger partial charge in [0.25, 0.3) is 0 Å². The van der Waals surface area contributed by atoms with Crippen molar-refractivity contribution < 1.29 is 14.2 Å². The van der Waals surface area contributed by atoms with Gasteiger partial charge in [0.2, 0.25) is 0 Å². The second-order valence-electron chi connectivity index (χ2n) is 17.0. The van der Waals surface area contributed by atoms with Crippen LogP contribution in [0.5, 0.6) is 17.2 Å². The fourth-order valence-electron chi connectivity index (χ4n) is 8.89. The van der Waals surface area contributed by atoms with Gasteiger partial charge in [0, 0.05) is 70.6 Å². The van der Waals surface area contributed by atoms with Crippen molar-refractivity contribution in [3.05, 3.63) is 216 Å². The molecule has 332 valence electrons. The van der Waals surface area contributed by atoms with E-state index in [0.29, 0.717) is 43.5 Å². The van der Waals surface area contributed by atoms with E-state index in [-0.39, 0.29) is 0 Å². The predicted octanol–water partition coefficient (Wildman–Crippen LogP) is 11.4. The van der Waals surface area contributed by atoms with Crippen LogP contribution in [0.4, 0.5) is 17.1 Å². The lowest BCUT2D eigenvalue weighted by Crippen LogP contribution is -2.40. The van der Waals surface area contributed by atoms with Gasteiger partial charge in [-0.25, -0.2) is 15.0 Å². The highest BCUT2D eigenvalue weighted by atomic mass is 16.5. The molecule has 0 saturated heterocycles. The molecule has 12 rings (SSSR count). The number of hydrogen-bond donors (Lipinski definition) is 0. The average Bonchev–Trinajstić information content (AvgIpc) is 4.03. The highest BCUT2D eigenvalue weighted by Gasteiger charge is 2.33. The molecular formula is C57H41N9O3. The number of hydrogen-bond acceptors (Lipinski definition) is 12. The highest BCUT2D eigenvalue weighted by molar-refractivity contribution is 6.25. The zero-order valence-corrected chi connectivity index (χ0v) is 37.4. The zero-order chi connectivity index (χ0) is 46.2. The lowest BCUT2D eigenvalue weighted by molar-refractivity contribution is 0.0293. The largest absolute Gasteiger partial charge is 0.493 e. The Kier molecular flexibility index (Phi) is 10.6. The molecular weight excluding hydrogens is 859 g/mol. The Morgan fingerprint density at radius 2 is 0.565 bits per heavy atom. The highest BCUT2D eigenvalue weighted by Crippen LogP contribution is 2.38. The predicted molar refractivity (Wildman–Crippen MR) is 267 cm³/mol. The van der Waals surface area contributed by atoms with E-state index < -0.39 is 5.41 Å². The van der Waals surface area contributed by atoms with Gasteiger partial charge in [-0.05, 0) is 152 Å². The molecule has 0 unspecified atom stereocenters. The van der Waals surface area contributed by atoms with E-state index in [4.69, 9.17) is 29.2 Å². The van der Waals surface area contributed by atoms with Crippen LogP contribution in [0.1, 0.15) is 46.7 Å². The minimum absolute atomic E-state index is 0.328. The van der Waals surface area contributed by atoms with E-state index in [1.807, 2.05) is 146 Å². The van der Waals surface area contributed by atoms with Crippen molar-refractivity contribution in [1.29, 1.82) is 0 Å². The summed E-state index contributed by atoms with van der Waals surface area (Å²) in [4.78, 5) is 42.8. The van der Waals surface area contributed by atoms with Gasteiger partial charge in [0.05, 0.1) is 73.8 Å². The molecule has 0 radical (unpaired) electrons. The number of ether oxygens (including phenoxy) is 3. The van der Waals surface area contributed by atoms with Crippen molar-refractivity contribution in [2.75, 3.05) is 19.8 Å². The van der Waals surface area contributed by atoms with Crippen LogP contribution in [0.2, 0.25) is 0 Å². The number of rotatable bonds is 13. The van der Waals surface area contributed by atoms with Gasteiger partial charge in [-0.15, -0.1) is 0 Å². The van der Waals surface area contributed by atoms with E-state index in [1.54, 1.807) is 37.2 Å². The molecule has 9 aromatic rings. The van der Waals surface area contributed by atoms with Crippen molar-refractivity contribution in [2.45, 2.75) is 13.3 Å². The molecule has 0 atom stereocenters. The first-order chi connectivity index (χ1) is 34.1. The summed E-state index contributed by atoms with van der Waals surface area (Å²) >= 11 is 0. The van der Waals surface area contributed by atoms with Crippen molar-refractivity contribution >= 4 is 34.2 Å². The van der Waals surface area contributed by atoms with Gasteiger partial charge in [0.1, 0.15) is 37.1 Å². The normalized spacial score (nSPS) is 12.6. The smallest absolute Gasteiger partial charge is 0.119 e. The molecule has 6 aromatic heterocycles. The molecule has 0 N–H and O–H groups in total. The minimum Gasteiger partial charge on any atom is -0.493 e. The Bertz CT molecular complexity index is 2990. The monoisotopic (exact) mass is 899 g/mol. The standard InChI is InChI=1S/C57H41N9O3/c1-2-57(33-67-39-21-15-36(16-22-39)64-48-42-9-3-27-58-51(42)52-43(48)10-4-28-59-52,34-68-40-23-17-37(18-24-40)65-49-44-11-5-29-60-53(44)54-45(49)12-6-30-61-54)35-69-41-25-19-38(20-26-41)66-50-46-13-7-31-62-55(46)56-47(50)14-8-32-63-56/h3-32H,2,33-35H2,1H3. The van der Waals surface area contributed by atoms with Crippen molar-refractivity contribution in [2.24, 2.45) is 20.4 Å². The van der Waals surface area contributed by atoms with Crippen molar-refractivity contribution in [1.82, 2.24) is 29.9 Å². The average molecular weight is 900 g/mol. The Labute approximate surface area is 397 Å². The van der Waals surface area contributed by atoms with Crippen LogP contribution in [0.25, 0.3) is 34.2 Å². The molecule has 3 aliphatic rings. The number of benzene rings is 3. The summed E-state index contributed by atoms with van der Waals surface area (Å²) in [6, 6.07) is 47.3. The molecule has 0 amide bonds. The third-order valence-electron chi connectivity index (χ3n) is 12.7. The maximum atomic E-state index is 6.59. The molecule has 6 heterocycles. The summed E-state index contributed by atoms with van der Waals surface area (Å²) in [5.74, 6) is 2.13. The van der Waals surface area contributed by atoms with Crippen molar-refractivity contribution in [3.8, 4) is 51.4 Å². The molecule has 3 aliphatic carbocycles. The second-order valence-corrected chi connectivity index (χ2v) is 17.0. The van der Waals surface area contributed by atoms with Gasteiger partial charge in [-0.3, -0.25) is 29.9 Å². The summed E-state index contributed by atoms with van der Waals surface area (Å²) < 4.78 is 19.8. The lowest BCUT2D eigenvalue weighted by Gasteiger charge is -2.32. The van der Waals surface area contributed by atoms with E-state index in [1.165, 1.54) is 0 Å². The third kappa shape index (κ3) is 7.87. The Morgan fingerprint density at radius 3 is 0.783 bits per heavy atom. The fourth-order valence-corrected chi connectivity index (χ4v) is 8.89. The van der Waals surface area contributed by atoms with Crippen LogP contribution in [-0.2, 0) is 0 Å². The van der Waals surface area contributed by atoms with Crippen LogP contribution in [0, 0.1) is 5.41 Å². The van der Waals surface area contributed by atoms with E-state index in [0.717, 1.165) is 102 Å².